The number of rotatable bonds is 10. The first-order valence-corrected chi connectivity index (χ1v) is 8.98. The number of para-hydroxylation sites is 2. The van der Waals surface area contributed by atoms with Crippen molar-refractivity contribution < 1.29 is 9.47 Å². The summed E-state index contributed by atoms with van der Waals surface area (Å²) in [6, 6.07) is 15.1. The van der Waals surface area contributed by atoms with Crippen molar-refractivity contribution in [1.82, 2.24) is 4.90 Å². The number of hydrogen-bond donors (Lipinski definition) is 0. The minimum absolute atomic E-state index is 0. The van der Waals surface area contributed by atoms with E-state index in [2.05, 4.69) is 18.7 Å². The highest BCUT2D eigenvalue weighted by atomic mass is 35.5. The van der Waals surface area contributed by atoms with Crippen LogP contribution in [-0.4, -0.2) is 31.1 Å². The van der Waals surface area contributed by atoms with Crippen molar-refractivity contribution in [2.24, 2.45) is 0 Å². The van der Waals surface area contributed by atoms with E-state index in [-0.39, 0.29) is 12.4 Å². The van der Waals surface area contributed by atoms with Gasteiger partial charge in [0.25, 0.3) is 0 Å². The zero-order chi connectivity index (χ0) is 17.2. The van der Waals surface area contributed by atoms with E-state index >= 15 is 0 Å². The molecule has 0 atom stereocenters. The lowest BCUT2D eigenvalue weighted by molar-refractivity contribution is 0.205. The molecule has 2 aromatic carbocycles. The lowest BCUT2D eigenvalue weighted by atomic mass is 10.3. The van der Waals surface area contributed by atoms with E-state index in [0.717, 1.165) is 49.7 Å². The predicted molar refractivity (Wildman–Crippen MR) is 108 cm³/mol. The predicted octanol–water partition coefficient (Wildman–Crippen LogP) is 6.05. The van der Waals surface area contributed by atoms with Gasteiger partial charge in [-0.1, -0.05) is 37.6 Å². The standard InChI is InChI=1S/C20H26ClNO2.ClH/c1-3-13-22(14-4-2)15-16-23-19-7-5-6-8-20(19)24-18-11-9-17(21)10-12-18;/h5-12H,3-4,13-16H2,1-2H3;1H. The molecule has 0 aliphatic rings. The van der Waals surface area contributed by atoms with Crippen LogP contribution in [-0.2, 0) is 0 Å². The largest absolute Gasteiger partial charge is 0.488 e. The second-order valence-electron chi connectivity index (χ2n) is 5.69. The minimum atomic E-state index is 0. The SMILES string of the molecule is CCCN(CCC)CCOc1ccccc1Oc1ccc(Cl)cc1.Cl. The number of hydrogen-bond acceptors (Lipinski definition) is 3. The summed E-state index contributed by atoms with van der Waals surface area (Å²) in [4.78, 5) is 2.43. The fourth-order valence-electron chi connectivity index (χ4n) is 2.54. The molecule has 0 saturated carbocycles. The maximum atomic E-state index is 5.96. The van der Waals surface area contributed by atoms with Gasteiger partial charge in [0.15, 0.2) is 11.5 Å². The van der Waals surface area contributed by atoms with Gasteiger partial charge in [0, 0.05) is 11.6 Å². The highest BCUT2D eigenvalue weighted by Crippen LogP contribution is 2.31. The molecule has 0 fully saturated rings. The molecule has 138 valence electrons. The first-order valence-electron chi connectivity index (χ1n) is 8.60. The Morgan fingerprint density at radius 3 is 2.04 bits per heavy atom. The molecule has 0 N–H and O–H groups in total. The minimum Gasteiger partial charge on any atom is -0.488 e. The van der Waals surface area contributed by atoms with Crippen LogP contribution in [0.15, 0.2) is 48.5 Å². The van der Waals surface area contributed by atoms with Gasteiger partial charge in [-0.15, -0.1) is 12.4 Å². The third-order valence-corrected chi connectivity index (χ3v) is 3.89. The molecule has 3 nitrogen and oxygen atoms in total. The van der Waals surface area contributed by atoms with Crippen molar-refractivity contribution in [3.8, 4) is 17.2 Å². The average Bonchev–Trinajstić information content (AvgIpc) is 2.59. The van der Waals surface area contributed by atoms with E-state index in [1.54, 1.807) is 0 Å². The lowest BCUT2D eigenvalue weighted by Gasteiger charge is -2.21. The summed E-state index contributed by atoms with van der Waals surface area (Å²) in [5.41, 5.74) is 0. The molecule has 2 rings (SSSR count). The molecule has 0 radical (unpaired) electrons. The second-order valence-corrected chi connectivity index (χ2v) is 6.13. The van der Waals surface area contributed by atoms with Gasteiger partial charge in [0.05, 0.1) is 0 Å². The van der Waals surface area contributed by atoms with Crippen LogP contribution in [0.25, 0.3) is 0 Å². The molecule has 2 aromatic rings. The Morgan fingerprint density at radius 1 is 0.840 bits per heavy atom. The molecule has 25 heavy (non-hydrogen) atoms. The third kappa shape index (κ3) is 7.55. The van der Waals surface area contributed by atoms with Gasteiger partial charge in [0.1, 0.15) is 12.4 Å². The van der Waals surface area contributed by atoms with E-state index in [4.69, 9.17) is 21.1 Å². The topological polar surface area (TPSA) is 21.7 Å². The fourth-order valence-corrected chi connectivity index (χ4v) is 2.66. The van der Waals surface area contributed by atoms with Crippen molar-refractivity contribution in [1.29, 1.82) is 0 Å². The van der Waals surface area contributed by atoms with Crippen LogP contribution < -0.4 is 9.47 Å². The molecule has 0 amide bonds. The van der Waals surface area contributed by atoms with Crippen LogP contribution >= 0.6 is 24.0 Å². The van der Waals surface area contributed by atoms with Crippen molar-refractivity contribution in [2.75, 3.05) is 26.2 Å². The van der Waals surface area contributed by atoms with Gasteiger partial charge in [-0.05, 0) is 62.3 Å². The maximum Gasteiger partial charge on any atom is 0.169 e. The Labute approximate surface area is 162 Å². The maximum absolute atomic E-state index is 5.96. The van der Waals surface area contributed by atoms with Crippen molar-refractivity contribution >= 4 is 24.0 Å². The van der Waals surface area contributed by atoms with Gasteiger partial charge in [-0.25, -0.2) is 0 Å². The summed E-state index contributed by atoms with van der Waals surface area (Å²) in [6.07, 6.45) is 2.33. The Hall–Kier alpha value is -1.42. The lowest BCUT2D eigenvalue weighted by Crippen LogP contribution is -2.30. The molecule has 0 aliphatic heterocycles. The van der Waals surface area contributed by atoms with E-state index in [9.17, 15) is 0 Å². The molecular weight excluding hydrogens is 357 g/mol. The summed E-state index contributed by atoms with van der Waals surface area (Å²) >= 11 is 5.91. The van der Waals surface area contributed by atoms with E-state index < -0.39 is 0 Å². The monoisotopic (exact) mass is 383 g/mol. The van der Waals surface area contributed by atoms with Crippen LogP contribution in [0, 0.1) is 0 Å². The Kier molecular flexibility index (Phi) is 10.4. The van der Waals surface area contributed by atoms with E-state index in [1.165, 1.54) is 0 Å². The number of nitrogens with zero attached hydrogens (tertiary/aromatic N) is 1. The van der Waals surface area contributed by atoms with Crippen LogP contribution in [0.1, 0.15) is 26.7 Å². The van der Waals surface area contributed by atoms with Gasteiger partial charge in [-0.2, -0.15) is 0 Å². The molecule has 0 heterocycles. The van der Waals surface area contributed by atoms with E-state index in [1.807, 2.05) is 48.5 Å². The zero-order valence-corrected chi connectivity index (χ0v) is 16.5. The average molecular weight is 384 g/mol. The van der Waals surface area contributed by atoms with Crippen LogP contribution in [0.3, 0.4) is 0 Å². The molecule has 0 bridgehead atoms. The number of benzene rings is 2. The van der Waals surface area contributed by atoms with Crippen molar-refractivity contribution in [3.05, 3.63) is 53.6 Å². The van der Waals surface area contributed by atoms with Crippen molar-refractivity contribution in [3.63, 3.8) is 0 Å². The number of halogens is 2. The van der Waals surface area contributed by atoms with Gasteiger partial charge in [0.2, 0.25) is 0 Å². The number of ether oxygens (including phenoxy) is 2. The molecule has 0 spiro atoms. The second kappa shape index (κ2) is 12.0. The summed E-state index contributed by atoms with van der Waals surface area (Å²) in [5, 5.41) is 0.693. The van der Waals surface area contributed by atoms with Gasteiger partial charge < -0.3 is 9.47 Å². The van der Waals surface area contributed by atoms with E-state index in [0.29, 0.717) is 11.6 Å². The first kappa shape index (κ1) is 21.6. The molecule has 0 saturated heterocycles. The van der Waals surface area contributed by atoms with Crippen LogP contribution in [0.2, 0.25) is 5.02 Å². The highest BCUT2D eigenvalue weighted by Gasteiger charge is 2.07. The fraction of sp³-hybridized carbons (Fsp3) is 0.400. The first-order chi connectivity index (χ1) is 11.7. The molecule has 0 unspecified atom stereocenters. The summed E-state index contributed by atoms with van der Waals surface area (Å²) in [5.74, 6) is 2.23. The summed E-state index contributed by atoms with van der Waals surface area (Å²) in [7, 11) is 0. The smallest absolute Gasteiger partial charge is 0.169 e. The quantitative estimate of drug-likeness (QED) is 0.497. The molecule has 0 aromatic heterocycles. The highest BCUT2D eigenvalue weighted by molar-refractivity contribution is 6.30. The summed E-state index contributed by atoms with van der Waals surface area (Å²) < 4.78 is 11.9. The normalized spacial score (nSPS) is 10.4. The van der Waals surface area contributed by atoms with Crippen molar-refractivity contribution in [2.45, 2.75) is 26.7 Å². The van der Waals surface area contributed by atoms with Gasteiger partial charge >= 0.3 is 0 Å². The Morgan fingerprint density at radius 2 is 1.44 bits per heavy atom. The molecule has 5 heteroatoms. The Balaban J connectivity index is 0.00000312. The molecule has 0 aliphatic carbocycles. The summed E-state index contributed by atoms with van der Waals surface area (Å²) in [6.45, 7) is 8.22. The zero-order valence-electron chi connectivity index (χ0n) is 14.9. The van der Waals surface area contributed by atoms with Crippen LogP contribution in [0.5, 0.6) is 17.2 Å². The molecular formula is C20H27Cl2NO2. The van der Waals surface area contributed by atoms with Crippen LogP contribution in [0.4, 0.5) is 0 Å². The Bertz CT molecular complexity index is 599. The van der Waals surface area contributed by atoms with Gasteiger partial charge in [-0.3, -0.25) is 4.90 Å². The third-order valence-electron chi connectivity index (χ3n) is 3.64.